The number of aliphatic hydroxyl groups excluding tert-OH is 1. The van der Waals surface area contributed by atoms with E-state index < -0.39 is 8.07 Å². The molecular formula is C9H19N3O2Si. The standard InChI is InChI=1S/C9H19N3O2Si/c1-15(2,3)5-4-14-8-12-7-10-11-9(12)6-13/h7,13H,4-6,8H2,1-3H3. The van der Waals surface area contributed by atoms with Gasteiger partial charge in [0.2, 0.25) is 0 Å². The minimum atomic E-state index is -1.02. The lowest BCUT2D eigenvalue weighted by Gasteiger charge is -2.15. The van der Waals surface area contributed by atoms with E-state index in [1.807, 2.05) is 0 Å². The van der Waals surface area contributed by atoms with Crippen molar-refractivity contribution in [3.8, 4) is 0 Å². The van der Waals surface area contributed by atoms with Crippen molar-refractivity contribution in [1.82, 2.24) is 14.8 Å². The first-order valence-corrected chi connectivity index (χ1v) is 8.79. The average molecular weight is 229 g/mol. The van der Waals surface area contributed by atoms with Crippen LogP contribution in [-0.2, 0) is 18.1 Å². The molecule has 86 valence electrons. The van der Waals surface area contributed by atoms with Crippen LogP contribution in [0.4, 0.5) is 0 Å². The molecule has 0 fully saturated rings. The predicted molar refractivity (Wildman–Crippen MR) is 60.0 cm³/mol. The van der Waals surface area contributed by atoms with E-state index in [4.69, 9.17) is 9.84 Å². The molecule has 1 rings (SSSR count). The van der Waals surface area contributed by atoms with Gasteiger partial charge in [0.05, 0.1) is 0 Å². The van der Waals surface area contributed by atoms with Crippen LogP contribution in [0.1, 0.15) is 5.82 Å². The van der Waals surface area contributed by atoms with Gasteiger partial charge in [-0.15, -0.1) is 10.2 Å². The molecule has 0 spiro atoms. The Bertz CT molecular complexity index is 296. The molecule has 0 unspecified atom stereocenters. The van der Waals surface area contributed by atoms with Crippen molar-refractivity contribution in [2.24, 2.45) is 0 Å². The SMILES string of the molecule is C[Si](C)(C)CCOCn1cnnc1CO. The van der Waals surface area contributed by atoms with Gasteiger partial charge in [0.1, 0.15) is 19.7 Å². The van der Waals surface area contributed by atoms with Crippen LogP contribution >= 0.6 is 0 Å². The molecule has 15 heavy (non-hydrogen) atoms. The summed E-state index contributed by atoms with van der Waals surface area (Å²) in [6.07, 6.45) is 1.57. The first-order valence-electron chi connectivity index (χ1n) is 5.08. The van der Waals surface area contributed by atoms with Gasteiger partial charge in [-0.25, -0.2) is 0 Å². The lowest BCUT2D eigenvalue weighted by molar-refractivity contribution is 0.0816. The molecule has 5 nitrogen and oxygen atoms in total. The molecule has 0 amide bonds. The van der Waals surface area contributed by atoms with Gasteiger partial charge in [0.25, 0.3) is 0 Å². The van der Waals surface area contributed by atoms with E-state index in [9.17, 15) is 0 Å². The summed E-state index contributed by atoms with van der Waals surface area (Å²) in [6, 6.07) is 1.14. The first-order chi connectivity index (χ1) is 7.03. The van der Waals surface area contributed by atoms with Gasteiger partial charge >= 0.3 is 0 Å². The molecule has 0 atom stereocenters. The molecule has 0 saturated carbocycles. The quantitative estimate of drug-likeness (QED) is 0.586. The number of aromatic nitrogens is 3. The highest BCUT2D eigenvalue weighted by atomic mass is 28.3. The molecule has 0 aliphatic heterocycles. The molecule has 0 aliphatic carbocycles. The van der Waals surface area contributed by atoms with Crippen LogP contribution in [0.15, 0.2) is 6.33 Å². The van der Waals surface area contributed by atoms with Gasteiger partial charge in [-0.2, -0.15) is 0 Å². The maximum Gasteiger partial charge on any atom is 0.160 e. The van der Waals surface area contributed by atoms with Crippen molar-refractivity contribution < 1.29 is 9.84 Å². The smallest absolute Gasteiger partial charge is 0.160 e. The van der Waals surface area contributed by atoms with E-state index in [0.717, 1.165) is 12.7 Å². The largest absolute Gasteiger partial charge is 0.388 e. The summed E-state index contributed by atoms with van der Waals surface area (Å²) >= 11 is 0. The highest BCUT2D eigenvalue weighted by molar-refractivity contribution is 6.76. The van der Waals surface area contributed by atoms with Crippen molar-refractivity contribution in [1.29, 1.82) is 0 Å². The van der Waals surface area contributed by atoms with E-state index in [-0.39, 0.29) is 6.61 Å². The number of hydrogen-bond donors (Lipinski definition) is 1. The summed E-state index contributed by atoms with van der Waals surface area (Å²) < 4.78 is 7.22. The summed E-state index contributed by atoms with van der Waals surface area (Å²) in [6.45, 7) is 8.03. The summed E-state index contributed by atoms with van der Waals surface area (Å²) in [5.74, 6) is 0.544. The number of aliphatic hydroxyl groups is 1. The summed E-state index contributed by atoms with van der Waals surface area (Å²) in [5, 5.41) is 16.4. The van der Waals surface area contributed by atoms with Crippen molar-refractivity contribution in [2.45, 2.75) is 39.0 Å². The highest BCUT2D eigenvalue weighted by Gasteiger charge is 2.12. The number of hydrogen-bond acceptors (Lipinski definition) is 4. The Morgan fingerprint density at radius 1 is 1.47 bits per heavy atom. The minimum Gasteiger partial charge on any atom is -0.388 e. The second kappa shape index (κ2) is 5.39. The predicted octanol–water partition coefficient (Wildman–Crippen LogP) is 1.08. The number of ether oxygens (including phenoxy) is 1. The highest BCUT2D eigenvalue weighted by Crippen LogP contribution is 2.07. The van der Waals surface area contributed by atoms with Crippen molar-refractivity contribution in [2.75, 3.05) is 6.61 Å². The Hall–Kier alpha value is -0.723. The van der Waals surface area contributed by atoms with Gasteiger partial charge in [-0.3, -0.25) is 4.57 Å². The molecular weight excluding hydrogens is 210 g/mol. The number of nitrogens with zero attached hydrogens (tertiary/aromatic N) is 3. The fourth-order valence-corrected chi connectivity index (χ4v) is 1.81. The summed E-state index contributed by atoms with van der Waals surface area (Å²) in [7, 11) is -1.02. The van der Waals surface area contributed by atoms with E-state index in [0.29, 0.717) is 12.6 Å². The summed E-state index contributed by atoms with van der Waals surface area (Å²) in [5.41, 5.74) is 0. The van der Waals surface area contributed by atoms with Crippen molar-refractivity contribution >= 4 is 8.07 Å². The maximum absolute atomic E-state index is 8.92. The normalized spacial score (nSPS) is 12.0. The lowest BCUT2D eigenvalue weighted by Crippen LogP contribution is -2.22. The molecule has 0 radical (unpaired) electrons. The zero-order valence-electron chi connectivity index (χ0n) is 9.60. The van der Waals surface area contributed by atoms with Crippen LogP contribution in [0, 0.1) is 0 Å². The minimum absolute atomic E-state index is 0.0998. The third-order valence-corrected chi connectivity index (χ3v) is 3.77. The Kier molecular flexibility index (Phi) is 4.43. The number of rotatable bonds is 6. The van der Waals surface area contributed by atoms with Crippen molar-refractivity contribution in [3.63, 3.8) is 0 Å². The second-order valence-electron chi connectivity index (χ2n) is 4.72. The Morgan fingerprint density at radius 3 is 2.80 bits per heavy atom. The van der Waals surface area contributed by atoms with Crippen LogP contribution in [0.25, 0.3) is 0 Å². The van der Waals surface area contributed by atoms with E-state index in [1.54, 1.807) is 10.9 Å². The third-order valence-electron chi connectivity index (χ3n) is 2.06. The Labute approximate surface area is 91.1 Å². The van der Waals surface area contributed by atoms with Gasteiger partial charge < -0.3 is 9.84 Å². The zero-order chi connectivity index (χ0) is 11.3. The maximum atomic E-state index is 8.92. The van der Waals surface area contributed by atoms with Crippen LogP contribution in [0.3, 0.4) is 0 Å². The molecule has 6 heteroatoms. The molecule has 1 N–H and O–H groups in total. The first kappa shape index (κ1) is 12.3. The van der Waals surface area contributed by atoms with Gasteiger partial charge in [-0.1, -0.05) is 19.6 Å². The molecule has 1 heterocycles. The lowest BCUT2D eigenvalue weighted by atomic mass is 10.6. The van der Waals surface area contributed by atoms with Crippen LogP contribution in [-0.4, -0.2) is 34.6 Å². The fraction of sp³-hybridized carbons (Fsp3) is 0.778. The molecule has 0 bridgehead atoms. The molecule has 1 aromatic heterocycles. The van der Waals surface area contributed by atoms with E-state index in [2.05, 4.69) is 29.8 Å². The van der Waals surface area contributed by atoms with Gasteiger partial charge in [-0.05, 0) is 6.04 Å². The fourth-order valence-electron chi connectivity index (χ4n) is 1.05. The summed E-state index contributed by atoms with van der Waals surface area (Å²) in [4.78, 5) is 0. The topological polar surface area (TPSA) is 60.2 Å². The Balaban J connectivity index is 2.26. The monoisotopic (exact) mass is 229 g/mol. The molecule has 0 aromatic carbocycles. The molecule has 0 aliphatic rings. The van der Waals surface area contributed by atoms with E-state index in [1.165, 1.54) is 0 Å². The van der Waals surface area contributed by atoms with Crippen LogP contribution in [0.2, 0.25) is 25.7 Å². The van der Waals surface area contributed by atoms with Crippen LogP contribution < -0.4 is 0 Å². The second-order valence-corrected chi connectivity index (χ2v) is 10.3. The van der Waals surface area contributed by atoms with Crippen LogP contribution in [0.5, 0.6) is 0 Å². The third kappa shape index (κ3) is 4.54. The van der Waals surface area contributed by atoms with E-state index >= 15 is 0 Å². The van der Waals surface area contributed by atoms with Gasteiger partial charge in [0, 0.05) is 14.7 Å². The Morgan fingerprint density at radius 2 is 2.20 bits per heavy atom. The van der Waals surface area contributed by atoms with Crippen molar-refractivity contribution in [3.05, 3.63) is 12.2 Å². The molecule has 0 saturated heterocycles. The zero-order valence-corrected chi connectivity index (χ0v) is 10.6. The van der Waals surface area contributed by atoms with Gasteiger partial charge in [0.15, 0.2) is 5.82 Å². The average Bonchev–Trinajstić information content (AvgIpc) is 2.58. The molecule has 1 aromatic rings.